The van der Waals surface area contributed by atoms with Gasteiger partial charge in [-0.1, -0.05) is 23.7 Å². The Labute approximate surface area is 144 Å². The second-order valence-corrected chi connectivity index (χ2v) is 7.39. The molecular formula is C17H18ClNO5. The normalized spacial score (nSPS) is 19.3. The highest BCUT2D eigenvalue weighted by atomic mass is 35.5. The lowest BCUT2D eigenvalue weighted by Crippen LogP contribution is -2.65. The highest BCUT2D eigenvalue weighted by Crippen LogP contribution is 2.42. The second kappa shape index (κ2) is 5.41. The van der Waals surface area contributed by atoms with Crippen LogP contribution in [0.15, 0.2) is 30.0 Å². The van der Waals surface area contributed by atoms with E-state index < -0.39 is 23.3 Å². The van der Waals surface area contributed by atoms with Crippen LogP contribution in [0.25, 0.3) is 5.57 Å². The third-order valence-corrected chi connectivity index (χ3v) is 4.09. The number of halogens is 1. The van der Waals surface area contributed by atoms with E-state index in [1.807, 2.05) is 0 Å². The molecule has 2 heterocycles. The van der Waals surface area contributed by atoms with Crippen molar-refractivity contribution in [3.05, 3.63) is 40.6 Å². The van der Waals surface area contributed by atoms with E-state index in [1.54, 1.807) is 45.0 Å². The van der Waals surface area contributed by atoms with Crippen molar-refractivity contribution in [2.45, 2.75) is 32.0 Å². The van der Waals surface area contributed by atoms with Crippen LogP contribution in [0.4, 0.5) is 4.79 Å². The smallest absolute Gasteiger partial charge is 0.410 e. The Morgan fingerprint density at radius 1 is 1.29 bits per heavy atom. The molecule has 3 rings (SSSR count). The second-order valence-electron chi connectivity index (χ2n) is 6.95. The first-order chi connectivity index (χ1) is 11.1. The van der Waals surface area contributed by atoms with Gasteiger partial charge in [-0.05, 0) is 38.5 Å². The van der Waals surface area contributed by atoms with Crippen molar-refractivity contribution in [2.75, 3.05) is 13.1 Å². The Kier molecular flexibility index (Phi) is 3.75. The van der Waals surface area contributed by atoms with Gasteiger partial charge in [0.25, 0.3) is 0 Å². The number of benzene rings is 1. The van der Waals surface area contributed by atoms with E-state index in [2.05, 4.69) is 0 Å². The maximum atomic E-state index is 12.2. The van der Waals surface area contributed by atoms with Gasteiger partial charge in [0.1, 0.15) is 11.2 Å². The lowest BCUT2D eigenvalue weighted by molar-refractivity contribution is -0.162. The molecule has 2 aliphatic heterocycles. The van der Waals surface area contributed by atoms with Crippen LogP contribution in [0, 0.1) is 0 Å². The number of carbonyl (C=O) groups is 2. The van der Waals surface area contributed by atoms with Gasteiger partial charge in [-0.15, -0.1) is 0 Å². The van der Waals surface area contributed by atoms with Crippen LogP contribution in [0.3, 0.4) is 0 Å². The lowest BCUT2D eigenvalue weighted by Gasteiger charge is -2.45. The number of amides is 1. The summed E-state index contributed by atoms with van der Waals surface area (Å²) in [6.45, 7) is 5.44. The van der Waals surface area contributed by atoms with Crippen LogP contribution >= 0.6 is 11.6 Å². The number of rotatable bonds is 1. The van der Waals surface area contributed by atoms with Gasteiger partial charge in [-0.2, -0.15) is 0 Å². The molecule has 0 atom stereocenters. The average molecular weight is 352 g/mol. The molecule has 1 amide bonds. The van der Waals surface area contributed by atoms with E-state index in [1.165, 1.54) is 4.90 Å². The number of aliphatic hydroxyl groups excluding tert-OH is 1. The summed E-state index contributed by atoms with van der Waals surface area (Å²) >= 11 is 5.84. The summed E-state index contributed by atoms with van der Waals surface area (Å²) in [6.07, 6.45) is -0.503. The highest BCUT2D eigenvalue weighted by molar-refractivity contribution is 6.30. The Hall–Kier alpha value is -2.21. The Morgan fingerprint density at radius 3 is 2.42 bits per heavy atom. The molecule has 0 bridgehead atoms. The van der Waals surface area contributed by atoms with Crippen molar-refractivity contribution in [3.63, 3.8) is 0 Å². The molecule has 7 heteroatoms. The summed E-state index contributed by atoms with van der Waals surface area (Å²) in [5.74, 6) is -0.770. The van der Waals surface area contributed by atoms with Gasteiger partial charge in [0.05, 0.1) is 13.1 Å². The first kappa shape index (κ1) is 16.6. The SMILES string of the molecule is CC(C)(C)OC(=O)N1CC2(C1)OC(=O)C(c1ccc(Cl)cc1)=C2O. The molecule has 1 aromatic carbocycles. The Balaban J connectivity index is 1.79. The zero-order valence-corrected chi connectivity index (χ0v) is 14.4. The molecule has 24 heavy (non-hydrogen) atoms. The van der Waals surface area contributed by atoms with Gasteiger partial charge in [-0.3, -0.25) is 4.90 Å². The minimum Gasteiger partial charge on any atom is -0.507 e. The van der Waals surface area contributed by atoms with Crippen LogP contribution in [-0.4, -0.2) is 46.4 Å². The Bertz CT molecular complexity index is 726. The fourth-order valence-electron chi connectivity index (χ4n) is 2.71. The number of ether oxygens (including phenoxy) is 2. The summed E-state index contributed by atoms with van der Waals surface area (Å²) in [5.41, 5.74) is -1.16. The zero-order chi connectivity index (χ0) is 17.7. The predicted octanol–water partition coefficient (Wildman–Crippen LogP) is 3.16. The number of esters is 1. The lowest BCUT2D eigenvalue weighted by atomic mass is 9.90. The van der Waals surface area contributed by atoms with Crippen LogP contribution in [-0.2, 0) is 14.3 Å². The molecule has 0 unspecified atom stereocenters. The molecular weight excluding hydrogens is 334 g/mol. The average Bonchev–Trinajstić information content (AvgIpc) is 2.68. The fourth-order valence-corrected chi connectivity index (χ4v) is 2.84. The van der Waals surface area contributed by atoms with E-state index in [-0.39, 0.29) is 24.4 Å². The molecule has 1 spiro atoms. The van der Waals surface area contributed by atoms with Gasteiger partial charge in [0.2, 0.25) is 5.60 Å². The molecule has 1 aromatic rings. The molecule has 0 aromatic heterocycles. The van der Waals surface area contributed by atoms with Gasteiger partial charge < -0.3 is 14.6 Å². The first-order valence-electron chi connectivity index (χ1n) is 7.52. The number of carbonyl (C=O) groups excluding carboxylic acids is 2. The molecule has 1 saturated heterocycles. The first-order valence-corrected chi connectivity index (χ1v) is 7.90. The number of likely N-dealkylation sites (tertiary alicyclic amines) is 1. The predicted molar refractivity (Wildman–Crippen MR) is 87.6 cm³/mol. The maximum Gasteiger partial charge on any atom is 0.410 e. The topological polar surface area (TPSA) is 76.1 Å². The van der Waals surface area contributed by atoms with Crippen LogP contribution in [0.2, 0.25) is 5.02 Å². The van der Waals surface area contributed by atoms with Crippen molar-refractivity contribution in [1.82, 2.24) is 4.90 Å². The summed E-state index contributed by atoms with van der Waals surface area (Å²) in [6, 6.07) is 6.53. The highest BCUT2D eigenvalue weighted by Gasteiger charge is 2.58. The monoisotopic (exact) mass is 351 g/mol. The molecule has 1 N–H and O–H groups in total. The fraction of sp³-hybridized carbons (Fsp3) is 0.412. The van der Waals surface area contributed by atoms with Crippen LogP contribution < -0.4 is 0 Å². The molecule has 0 saturated carbocycles. The summed E-state index contributed by atoms with van der Waals surface area (Å²) in [4.78, 5) is 25.6. The quantitative estimate of drug-likeness (QED) is 0.786. The van der Waals surface area contributed by atoms with E-state index in [0.29, 0.717) is 10.6 Å². The van der Waals surface area contributed by atoms with Crippen molar-refractivity contribution < 1.29 is 24.2 Å². The number of hydrogen-bond acceptors (Lipinski definition) is 5. The van der Waals surface area contributed by atoms with Gasteiger partial charge >= 0.3 is 12.1 Å². The van der Waals surface area contributed by atoms with Crippen molar-refractivity contribution in [1.29, 1.82) is 0 Å². The van der Waals surface area contributed by atoms with Gasteiger partial charge in [0.15, 0.2) is 5.76 Å². The van der Waals surface area contributed by atoms with Gasteiger partial charge in [-0.25, -0.2) is 9.59 Å². The van der Waals surface area contributed by atoms with Crippen molar-refractivity contribution in [2.24, 2.45) is 0 Å². The zero-order valence-electron chi connectivity index (χ0n) is 13.6. The largest absolute Gasteiger partial charge is 0.507 e. The number of nitrogens with zero attached hydrogens (tertiary/aromatic N) is 1. The summed E-state index contributed by atoms with van der Waals surface area (Å²) in [5, 5.41) is 11.0. The Morgan fingerprint density at radius 2 is 1.88 bits per heavy atom. The molecule has 0 aliphatic carbocycles. The third kappa shape index (κ3) is 2.82. The minimum absolute atomic E-state index is 0.0660. The van der Waals surface area contributed by atoms with Crippen molar-refractivity contribution >= 4 is 29.2 Å². The molecule has 2 aliphatic rings. The minimum atomic E-state index is -1.18. The third-order valence-electron chi connectivity index (χ3n) is 3.84. The van der Waals surface area contributed by atoms with E-state index in [0.717, 1.165) is 0 Å². The number of hydrogen-bond donors (Lipinski definition) is 1. The summed E-state index contributed by atoms with van der Waals surface area (Å²) in [7, 11) is 0. The number of aliphatic hydroxyl groups is 1. The van der Waals surface area contributed by atoms with E-state index in [9.17, 15) is 14.7 Å². The van der Waals surface area contributed by atoms with Crippen molar-refractivity contribution in [3.8, 4) is 0 Å². The standard InChI is InChI=1S/C17H18ClNO5/c1-16(2,3)24-15(22)19-8-17(9-19)13(20)12(14(21)23-17)10-4-6-11(18)7-5-10/h4-7,20H,8-9H2,1-3H3. The van der Waals surface area contributed by atoms with E-state index >= 15 is 0 Å². The molecule has 128 valence electrons. The molecule has 6 nitrogen and oxygen atoms in total. The van der Waals surface area contributed by atoms with Crippen LogP contribution in [0.1, 0.15) is 26.3 Å². The van der Waals surface area contributed by atoms with Crippen LogP contribution in [0.5, 0.6) is 0 Å². The molecule has 0 radical (unpaired) electrons. The summed E-state index contributed by atoms with van der Waals surface area (Å²) < 4.78 is 10.6. The maximum absolute atomic E-state index is 12.2. The van der Waals surface area contributed by atoms with E-state index in [4.69, 9.17) is 21.1 Å². The van der Waals surface area contributed by atoms with Gasteiger partial charge in [0, 0.05) is 5.02 Å². The molecule has 1 fully saturated rings.